The van der Waals surface area contributed by atoms with Gasteiger partial charge in [0.2, 0.25) is 5.91 Å². The third kappa shape index (κ3) is 5.69. The van der Waals surface area contributed by atoms with E-state index in [1.807, 2.05) is 24.3 Å². The van der Waals surface area contributed by atoms with Gasteiger partial charge in [-0.25, -0.2) is 0 Å². The standard InChI is InChI=1S/C21H26N2O5/c22-21(25)15-1-2-16(14-24)20(13-15)23-17-3-5-18(6-4-17)27-11-12-28-19-7-9-26-10-8-19/h1-6,13,19,23-24H,7-12,14H2,(H2,22,25). The van der Waals surface area contributed by atoms with Crippen LogP contribution in [0.4, 0.5) is 11.4 Å². The molecule has 1 aliphatic heterocycles. The molecule has 0 aliphatic carbocycles. The fraction of sp³-hybridized carbons (Fsp3) is 0.381. The van der Waals surface area contributed by atoms with Crippen LogP contribution in [0.25, 0.3) is 0 Å². The molecule has 0 saturated carbocycles. The lowest BCUT2D eigenvalue weighted by molar-refractivity contribution is -0.0388. The van der Waals surface area contributed by atoms with Gasteiger partial charge in [-0.1, -0.05) is 6.07 Å². The van der Waals surface area contributed by atoms with Gasteiger partial charge in [0, 0.05) is 35.7 Å². The number of hydrogen-bond donors (Lipinski definition) is 3. The number of rotatable bonds is 9. The first kappa shape index (κ1) is 20.1. The highest BCUT2D eigenvalue weighted by atomic mass is 16.5. The van der Waals surface area contributed by atoms with Crippen LogP contribution in [0.3, 0.4) is 0 Å². The highest BCUT2D eigenvalue weighted by Gasteiger charge is 2.13. The summed E-state index contributed by atoms with van der Waals surface area (Å²) in [5.41, 5.74) is 7.83. The molecule has 1 heterocycles. The Kier molecular flexibility index (Phi) is 7.25. The Morgan fingerprint density at radius 1 is 1.14 bits per heavy atom. The maximum absolute atomic E-state index is 11.4. The monoisotopic (exact) mass is 386 g/mol. The van der Waals surface area contributed by atoms with Crippen LogP contribution < -0.4 is 15.8 Å². The molecule has 150 valence electrons. The summed E-state index contributed by atoms with van der Waals surface area (Å²) >= 11 is 0. The van der Waals surface area contributed by atoms with Crippen molar-refractivity contribution in [3.63, 3.8) is 0 Å². The fourth-order valence-corrected chi connectivity index (χ4v) is 2.99. The molecule has 7 heteroatoms. The quantitative estimate of drug-likeness (QED) is 0.573. The Balaban J connectivity index is 1.51. The number of primary amides is 1. The minimum Gasteiger partial charge on any atom is -0.491 e. The van der Waals surface area contributed by atoms with Gasteiger partial charge in [-0.3, -0.25) is 4.79 Å². The molecule has 3 rings (SSSR count). The van der Waals surface area contributed by atoms with Crippen molar-refractivity contribution in [1.29, 1.82) is 0 Å². The van der Waals surface area contributed by atoms with Gasteiger partial charge in [0.05, 0.1) is 19.3 Å². The Hall–Kier alpha value is -2.61. The Bertz CT molecular complexity index is 773. The lowest BCUT2D eigenvalue weighted by Crippen LogP contribution is -2.25. The normalized spacial score (nSPS) is 14.6. The van der Waals surface area contributed by atoms with Crippen LogP contribution in [-0.4, -0.2) is 43.5 Å². The van der Waals surface area contributed by atoms with Crippen LogP contribution in [0.2, 0.25) is 0 Å². The number of ether oxygens (including phenoxy) is 3. The number of benzene rings is 2. The van der Waals surface area contributed by atoms with Crippen molar-refractivity contribution in [2.75, 3.05) is 31.7 Å². The summed E-state index contributed by atoms with van der Waals surface area (Å²) in [7, 11) is 0. The van der Waals surface area contributed by atoms with Crippen molar-refractivity contribution in [3.8, 4) is 5.75 Å². The SMILES string of the molecule is NC(=O)c1ccc(CO)c(Nc2ccc(OCCOC3CCOCC3)cc2)c1. The number of aliphatic hydroxyl groups excluding tert-OH is 1. The van der Waals surface area contributed by atoms with Crippen LogP contribution in [0.1, 0.15) is 28.8 Å². The van der Waals surface area contributed by atoms with Crippen molar-refractivity contribution in [2.45, 2.75) is 25.6 Å². The van der Waals surface area contributed by atoms with E-state index < -0.39 is 5.91 Å². The molecule has 4 N–H and O–H groups in total. The van der Waals surface area contributed by atoms with Gasteiger partial charge in [-0.2, -0.15) is 0 Å². The van der Waals surface area contributed by atoms with Crippen LogP contribution in [0, 0.1) is 0 Å². The Morgan fingerprint density at radius 2 is 1.89 bits per heavy atom. The summed E-state index contributed by atoms with van der Waals surface area (Å²) in [5, 5.41) is 12.7. The minimum absolute atomic E-state index is 0.143. The first-order valence-corrected chi connectivity index (χ1v) is 9.38. The maximum Gasteiger partial charge on any atom is 0.248 e. The zero-order valence-electron chi connectivity index (χ0n) is 15.7. The summed E-state index contributed by atoms with van der Waals surface area (Å²) < 4.78 is 16.8. The molecule has 1 saturated heterocycles. The van der Waals surface area contributed by atoms with Gasteiger partial charge >= 0.3 is 0 Å². The van der Waals surface area contributed by atoms with Crippen LogP contribution in [-0.2, 0) is 16.1 Å². The summed E-state index contributed by atoms with van der Waals surface area (Å²) in [4.78, 5) is 11.4. The lowest BCUT2D eigenvalue weighted by Gasteiger charge is -2.22. The molecular weight excluding hydrogens is 360 g/mol. The van der Waals surface area contributed by atoms with Gasteiger partial charge in [0.25, 0.3) is 0 Å². The van der Waals surface area contributed by atoms with E-state index in [1.165, 1.54) is 0 Å². The Labute approximate surface area is 164 Å². The van der Waals surface area contributed by atoms with E-state index >= 15 is 0 Å². The molecule has 0 bridgehead atoms. The zero-order valence-corrected chi connectivity index (χ0v) is 15.7. The lowest BCUT2D eigenvalue weighted by atomic mass is 10.1. The second-order valence-electron chi connectivity index (χ2n) is 6.57. The van der Waals surface area contributed by atoms with Crippen molar-refractivity contribution < 1.29 is 24.1 Å². The van der Waals surface area contributed by atoms with Crippen molar-refractivity contribution >= 4 is 17.3 Å². The molecule has 2 aromatic carbocycles. The highest BCUT2D eigenvalue weighted by molar-refractivity contribution is 5.94. The van der Waals surface area contributed by atoms with E-state index in [0.717, 1.165) is 37.5 Å². The Morgan fingerprint density at radius 3 is 2.57 bits per heavy atom. The van der Waals surface area contributed by atoms with Crippen LogP contribution in [0.15, 0.2) is 42.5 Å². The molecular formula is C21H26N2O5. The number of carbonyl (C=O) groups excluding carboxylic acids is 1. The van der Waals surface area contributed by atoms with E-state index in [0.29, 0.717) is 30.0 Å². The van der Waals surface area contributed by atoms with Crippen molar-refractivity contribution in [3.05, 3.63) is 53.6 Å². The number of carbonyl (C=O) groups is 1. The number of hydrogen-bond acceptors (Lipinski definition) is 6. The molecule has 1 fully saturated rings. The molecule has 0 spiro atoms. The molecule has 0 aromatic heterocycles. The summed E-state index contributed by atoms with van der Waals surface area (Å²) in [5.74, 6) is 0.230. The first-order valence-electron chi connectivity index (χ1n) is 9.38. The fourth-order valence-electron chi connectivity index (χ4n) is 2.99. The number of nitrogens with one attached hydrogen (secondary N) is 1. The minimum atomic E-state index is -0.515. The smallest absolute Gasteiger partial charge is 0.248 e. The third-order valence-electron chi connectivity index (χ3n) is 4.57. The average molecular weight is 386 g/mol. The third-order valence-corrected chi connectivity index (χ3v) is 4.57. The number of amides is 1. The number of anilines is 2. The molecule has 7 nitrogen and oxygen atoms in total. The van der Waals surface area contributed by atoms with Gasteiger partial charge in [0.15, 0.2) is 0 Å². The van der Waals surface area contributed by atoms with E-state index in [1.54, 1.807) is 18.2 Å². The highest BCUT2D eigenvalue weighted by Crippen LogP contribution is 2.24. The second kappa shape index (κ2) is 10.1. The van der Waals surface area contributed by atoms with Crippen molar-refractivity contribution in [2.24, 2.45) is 5.73 Å². The second-order valence-corrected chi connectivity index (χ2v) is 6.57. The topological polar surface area (TPSA) is 103 Å². The van der Waals surface area contributed by atoms with Gasteiger partial charge in [-0.15, -0.1) is 0 Å². The molecule has 0 radical (unpaired) electrons. The summed E-state index contributed by atoms with van der Waals surface area (Å²) in [6, 6.07) is 12.4. The van der Waals surface area contributed by atoms with E-state index in [2.05, 4.69) is 5.32 Å². The first-order chi connectivity index (χ1) is 13.7. The van der Waals surface area contributed by atoms with Crippen LogP contribution in [0.5, 0.6) is 5.75 Å². The van der Waals surface area contributed by atoms with E-state index in [9.17, 15) is 9.90 Å². The molecule has 0 atom stereocenters. The van der Waals surface area contributed by atoms with Crippen LogP contribution >= 0.6 is 0 Å². The van der Waals surface area contributed by atoms with Gasteiger partial charge < -0.3 is 30.4 Å². The summed E-state index contributed by atoms with van der Waals surface area (Å²) in [6.45, 7) is 2.42. The van der Waals surface area contributed by atoms with Gasteiger partial charge in [0.1, 0.15) is 12.4 Å². The average Bonchev–Trinajstić information content (AvgIpc) is 2.73. The van der Waals surface area contributed by atoms with E-state index in [-0.39, 0.29) is 12.7 Å². The molecule has 2 aromatic rings. The molecule has 1 aliphatic rings. The molecule has 1 amide bonds. The maximum atomic E-state index is 11.4. The number of nitrogens with two attached hydrogens (primary N) is 1. The van der Waals surface area contributed by atoms with Gasteiger partial charge in [-0.05, 0) is 49.2 Å². The largest absolute Gasteiger partial charge is 0.491 e. The number of aliphatic hydroxyl groups is 1. The van der Waals surface area contributed by atoms with Crippen molar-refractivity contribution in [1.82, 2.24) is 0 Å². The zero-order chi connectivity index (χ0) is 19.8. The predicted molar refractivity (Wildman–Crippen MR) is 106 cm³/mol. The summed E-state index contributed by atoms with van der Waals surface area (Å²) in [6.07, 6.45) is 2.14. The molecule has 0 unspecified atom stereocenters. The molecule has 28 heavy (non-hydrogen) atoms. The predicted octanol–water partition coefficient (Wildman–Crippen LogP) is 2.60. The van der Waals surface area contributed by atoms with E-state index in [4.69, 9.17) is 19.9 Å².